The van der Waals surface area contributed by atoms with Crippen molar-refractivity contribution in [3.63, 3.8) is 0 Å². The smallest absolute Gasteiger partial charge is 0.0624 e. The molecular formula is C15H19BrClN3. The van der Waals surface area contributed by atoms with Gasteiger partial charge in [-0.05, 0) is 37.1 Å². The predicted octanol–water partition coefficient (Wildman–Crippen LogP) is 4.12. The molecule has 1 unspecified atom stereocenters. The third-order valence-electron chi connectivity index (χ3n) is 3.37. The molecule has 0 aliphatic heterocycles. The Labute approximate surface area is 133 Å². The van der Waals surface area contributed by atoms with Crippen LogP contribution >= 0.6 is 27.5 Å². The van der Waals surface area contributed by atoms with E-state index in [9.17, 15) is 0 Å². The van der Waals surface area contributed by atoms with Crippen LogP contribution in [0.1, 0.15) is 36.8 Å². The van der Waals surface area contributed by atoms with Gasteiger partial charge in [-0.25, -0.2) is 0 Å². The highest BCUT2D eigenvalue weighted by molar-refractivity contribution is 9.10. The first-order chi connectivity index (χ1) is 9.55. The Kier molecular flexibility index (Phi) is 5.24. The van der Waals surface area contributed by atoms with Gasteiger partial charge in [-0.15, -0.1) is 0 Å². The molecule has 0 fully saturated rings. The fourth-order valence-corrected chi connectivity index (χ4v) is 3.08. The molecule has 108 valence electrons. The van der Waals surface area contributed by atoms with E-state index in [-0.39, 0.29) is 6.04 Å². The monoisotopic (exact) mass is 355 g/mol. The van der Waals surface area contributed by atoms with Crippen LogP contribution in [0, 0.1) is 0 Å². The van der Waals surface area contributed by atoms with Crippen LogP contribution in [0.4, 0.5) is 0 Å². The molecule has 0 radical (unpaired) electrons. The van der Waals surface area contributed by atoms with E-state index < -0.39 is 0 Å². The van der Waals surface area contributed by atoms with Crippen LogP contribution in [0.25, 0.3) is 0 Å². The summed E-state index contributed by atoms with van der Waals surface area (Å²) in [6.45, 7) is 5.06. The van der Waals surface area contributed by atoms with Crippen molar-refractivity contribution >= 4 is 27.5 Å². The number of hydrogen-bond donors (Lipinski definition) is 1. The Bertz CT molecular complexity index is 595. The van der Waals surface area contributed by atoms with Gasteiger partial charge in [0, 0.05) is 34.2 Å². The average molecular weight is 357 g/mol. The number of nitrogens with two attached hydrogens (primary N) is 1. The molecule has 0 aliphatic carbocycles. The summed E-state index contributed by atoms with van der Waals surface area (Å²) in [6, 6.07) is 7.84. The van der Waals surface area contributed by atoms with Crippen molar-refractivity contribution in [2.75, 3.05) is 0 Å². The Morgan fingerprint density at radius 2 is 2.10 bits per heavy atom. The molecule has 3 nitrogen and oxygen atoms in total. The molecular weight excluding hydrogens is 338 g/mol. The minimum absolute atomic E-state index is 0.123. The standard InChI is InChI=1S/C15H19BrClN3/c1-3-11-8-12(20(4-2)19-11)9-15(18)13-6-5-10(16)7-14(13)17/h5-8,15H,3-4,9,18H2,1-2H3. The molecule has 0 spiro atoms. The molecule has 5 heteroatoms. The summed E-state index contributed by atoms with van der Waals surface area (Å²) in [5, 5.41) is 5.25. The lowest BCUT2D eigenvalue weighted by molar-refractivity contribution is 0.585. The largest absolute Gasteiger partial charge is 0.324 e. The van der Waals surface area contributed by atoms with Crippen molar-refractivity contribution in [1.29, 1.82) is 0 Å². The van der Waals surface area contributed by atoms with E-state index in [0.717, 1.165) is 40.8 Å². The van der Waals surface area contributed by atoms with E-state index >= 15 is 0 Å². The first-order valence-corrected chi connectivity index (χ1v) is 7.98. The van der Waals surface area contributed by atoms with Crippen LogP contribution in [0.5, 0.6) is 0 Å². The van der Waals surface area contributed by atoms with Gasteiger partial charge in [0.15, 0.2) is 0 Å². The van der Waals surface area contributed by atoms with Gasteiger partial charge in [0.05, 0.1) is 5.69 Å². The summed E-state index contributed by atoms with van der Waals surface area (Å²) < 4.78 is 2.98. The molecule has 2 aromatic rings. The number of aryl methyl sites for hydroxylation is 2. The first kappa shape index (κ1) is 15.5. The fourth-order valence-electron chi connectivity index (χ4n) is 2.26. The number of nitrogens with zero attached hydrogens (tertiary/aromatic N) is 2. The molecule has 0 bridgehead atoms. The highest BCUT2D eigenvalue weighted by Gasteiger charge is 2.14. The predicted molar refractivity (Wildman–Crippen MR) is 87.1 cm³/mol. The molecule has 2 rings (SSSR count). The zero-order chi connectivity index (χ0) is 14.7. The minimum Gasteiger partial charge on any atom is -0.324 e. The molecule has 2 N–H and O–H groups in total. The quantitative estimate of drug-likeness (QED) is 0.875. The lowest BCUT2D eigenvalue weighted by Crippen LogP contribution is -2.16. The van der Waals surface area contributed by atoms with Gasteiger partial charge in [0.2, 0.25) is 0 Å². The average Bonchev–Trinajstić information content (AvgIpc) is 2.80. The van der Waals surface area contributed by atoms with E-state index in [1.807, 2.05) is 22.9 Å². The molecule has 20 heavy (non-hydrogen) atoms. The summed E-state index contributed by atoms with van der Waals surface area (Å²) in [6.07, 6.45) is 1.68. The minimum atomic E-state index is -0.123. The zero-order valence-corrected chi connectivity index (χ0v) is 14.1. The van der Waals surface area contributed by atoms with Gasteiger partial charge in [-0.2, -0.15) is 5.10 Å². The van der Waals surface area contributed by atoms with Crippen molar-refractivity contribution < 1.29 is 0 Å². The van der Waals surface area contributed by atoms with Crippen molar-refractivity contribution in [3.05, 3.63) is 50.7 Å². The van der Waals surface area contributed by atoms with Gasteiger partial charge in [-0.3, -0.25) is 4.68 Å². The highest BCUT2D eigenvalue weighted by atomic mass is 79.9. The van der Waals surface area contributed by atoms with Crippen molar-refractivity contribution in [3.8, 4) is 0 Å². The van der Waals surface area contributed by atoms with E-state index in [2.05, 4.69) is 40.9 Å². The van der Waals surface area contributed by atoms with E-state index in [4.69, 9.17) is 17.3 Å². The molecule has 0 saturated heterocycles. The summed E-state index contributed by atoms with van der Waals surface area (Å²) in [5.74, 6) is 0. The number of aromatic nitrogens is 2. The Morgan fingerprint density at radius 1 is 1.35 bits per heavy atom. The van der Waals surface area contributed by atoms with Gasteiger partial charge in [-0.1, -0.05) is 40.5 Å². The normalized spacial score (nSPS) is 12.7. The first-order valence-electron chi connectivity index (χ1n) is 6.81. The molecule has 0 saturated carbocycles. The number of halogens is 2. The van der Waals surface area contributed by atoms with Crippen LogP contribution < -0.4 is 5.73 Å². The van der Waals surface area contributed by atoms with Crippen molar-refractivity contribution in [1.82, 2.24) is 9.78 Å². The van der Waals surface area contributed by atoms with E-state index in [1.165, 1.54) is 0 Å². The topological polar surface area (TPSA) is 43.8 Å². The SMILES string of the molecule is CCc1cc(CC(N)c2ccc(Br)cc2Cl)n(CC)n1. The molecule has 1 heterocycles. The lowest BCUT2D eigenvalue weighted by Gasteiger charge is -2.14. The lowest BCUT2D eigenvalue weighted by atomic mass is 10.0. The van der Waals surface area contributed by atoms with Crippen LogP contribution in [0.15, 0.2) is 28.7 Å². The maximum absolute atomic E-state index is 6.31. The number of rotatable bonds is 5. The second-order valence-corrected chi connectivity index (χ2v) is 6.10. The second-order valence-electron chi connectivity index (χ2n) is 4.77. The van der Waals surface area contributed by atoms with Crippen LogP contribution in [-0.2, 0) is 19.4 Å². The Hall–Kier alpha value is -0.840. The second kappa shape index (κ2) is 6.74. The highest BCUT2D eigenvalue weighted by Crippen LogP contribution is 2.27. The Balaban J connectivity index is 2.22. The summed E-state index contributed by atoms with van der Waals surface area (Å²) in [4.78, 5) is 0. The van der Waals surface area contributed by atoms with Gasteiger partial charge in [0.1, 0.15) is 0 Å². The van der Waals surface area contributed by atoms with Crippen LogP contribution in [0.2, 0.25) is 5.02 Å². The van der Waals surface area contributed by atoms with E-state index in [0.29, 0.717) is 5.02 Å². The zero-order valence-electron chi connectivity index (χ0n) is 11.7. The summed E-state index contributed by atoms with van der Waals surface area (Å²) in [5.41, 5.74) is 9.55. The van der Waals surface area contributed by atoms with Crippen molar-refractivity contribution in [2.45, 2.75) is 39.3 Å². The third kappa shape index (κ3) is 3.43. The Morgan fingerprint density at radius 3 is 2.70 bits per heavy atom. The molecule has 1 aromatic carbocycles. The number of benzene rings is 1. The third-order valence-corrected chi connectivity index (χ3v) is 4.19. The molecule has 1 aromatic heterocycles. The van der Waals surface area contributed by atoms with Crippen LogP contribution in [-0.4, -0.2) is 9.78 Å². The summed E-state index contributed by atoms with van der Waals surface area (Å²) >= 11 is 9.67. The molecule has 1 atom stereocenters. The molecule has 0 aliphatic rings. The van der Waals surface area contributed by atoms with Crippen LogP contribution in [0.3, 0.4) is 0 Å². The maximum Gasteiger partial charge on any atom is 0.0624 e. The summed E-state index contributed by atoms with van der Waals surface area (Å²) in [7, 11) is 0. The van der Waals surface area contributed by atoms with Gasteiger partial charge < -0.3 is 5.73 Å². The number of hydrogen-bond acceptors (Lipinski definition) is 2. The van der Waals surface area contributed by atoms with Gasteiger partial charge in [0.25, 0.3) is 0 Å². The maximum atomic E-state index is 6.31. The van der Waals surface area contributed by atoms with Gasteiger partial charge >= 0.3 is 0 Å². The fraction of sp³-hybridized carbons (Fsp3) is 0.400. The van der Waals surface area contributed by atoms with E-state index in [1.54, 1.807) is 0 Å². The molecule has 0 amide bonds. The van der Waals surface area contributed by atoms with Crippen molar-refractivity contribution in [2.24, 2.45) is 5.73 Å².